The minimum absolute atomic E-state index is 0.118. The largest absolute Gasteiger partial charge is 0.480 e. The summed E-state index contributed by atoms with van der Waals surface area (Å²) in [5.41, 5.74) is 0.119. The normalized spacial score (nSPS) is 19.3. The number of hydrogen-bond acceptors (Lipinski definition) is 3. The van der Waals surface area contributed by atoms with E-state index in [2.05, 4.69) is 5.32 Å². The average molecular weight is 344 g/mol. The molecular formula is C19H24N2O4. The molecule has 6 nitrogen and oxygen atoms in total. The Kier molecular flexibility index (Phi) is 5.06. The van der Waals surface area contributed by atoms with Crippen LogP contribution in [0.15, 0.2) is 30.3 Å². The van der Waals surface area contributed by atoms with Gasteiger partial charge in [-0.15, -0.1) is 0 Å². The summed E-state index contributed by atoms with van der Waals surface area (Å²) in [5, 5.41) is 11.8. The Hall–Kier alpha value is -2.37. The monoisotopic (exact) mass is 344 g/mol. The molecule has 6 heteroatoms. The molecule has 1 saturated carbocycles. The lowest BCUT2D eigenvalue weighted by Crippen LogP contribution is -2.48. The number of carbonyl (C=O) groups excluding carboxylic acids is 2. The van der Waals surface area contributed by atoms with Gasteiger partial charge in [0.2, 0.25) is 11.8 Å². The highest BCUT2D eigenvalue weighted by Crippen LogP contribution is 2.36. The molecule has 2 N–H and O–H groups in total. The van der Waals surface area contributed by atoms with Crippen molar-refractivity contribution in [3.05, 3.63) is 35.9 Å². The smallest absolute Gasteiger partial charge is 0.329 e. The second-order valence-electron chi connectivity index (χ2n) is 7.02. The first-order valence-electron chi connectivity index (χ1n) is 8.87. The molecular weight excluding hydrogens is 320 g/mol. The molecule has 1 aromatic rings. The van der Waals surface area contributed by atoms with Gasteiger partial charge in [-0.2, -0.15) is 0 Å². The maximum Gasteiger partial charge on any atom is 0.329 e. The number of piperidine rings is 1. The maximum atomic E-state index is 12.3. The third kappa shape index (κ3) is 4.18. The molecule has 1 aliphatic heterocycles. The molecule has 2 amide bonds. The number of carbonyl (C=O) groups is 3. The third-order valence-corrected chi connectivity index (χ3v) is 5.21. The highest BCUT2D eigenvalue weighted by Gasteiger charge is 2.52. The lowest BCUT2D eigenvalue weighted by Gasteiger charge is -2.32. The van der Waals surface area contributed by atoms with Gasteiger partial charge >= 0.3 is 5.97 Å². The van der Waals surface area contributed by atoms with Gasteiger partial charge in [0.1, 0.15) is 5.54 Å². The number of rotatable bonds is 6. The van der Waals surface area contributed by atoms with Gasteiger partial charge in [-0.3, -0.25) is 9.59 Å². The highest BCUT2D eigenvalue weighted by molar-refractivity contribution is 5.90. The van der Waals surface area contributed by atoms with Crippen LogP contribution >= 0.6 is 0 Å². The molecule has 1 heterocycles. The molecule has 134 valence electrons. The highest BCUT2D eigenvalue weighted by atomic mass is 16.4. The van der Waals surface area contributed by atoms with Crippen LogP contribution in [0.4, 0.5) is 0 Å². The predicted molar refractivity (Wildman–Crippen MR) is 91.8 cm³/mol. The first-order valence-corrected chi connectivity index (χ1v) is 8.87. The minimum atomic E-state index is -1.03. The van der Waals surface area contributed by atoms with Crippen molar-refractivity contribution in [2.75, 3.05) is 13.1 Å². The first kappa shape index (κ1) is 17.5. The molecule has 1 aromatic carbocycles. The van der Waals surface area contributed by atoms with E-state index in [4.69, 9.17) is 5.11 Å². The molecule has 2 fully saturated rings. The van der Waals surface area contributed by atoms with E-state index in [1.54, 1.807) is 0 Å². The van der Waals surface area contributed by atoms with E-state index in [1.165, 1.54) is 0 Å². The summed E-state index contributed by atoms with van der Waals surface area (Å²) in [4.78, 5) is 37.6. The van der Waals surface area contributed by atoms with Crippen LogP contribution in [0, 0.1) is 5.92 Å². The van der Waals surface area contributed by atoms with E-state index >= 15 is 0 Å². The Morgan fingerprint density at radius 2 is 1.76 bits per heavy atom. The van der Waals surface area contributed by atoms with Gasteiger partial charge in [0, 0.05) is 25.4 Å². The molecule has 0 unspecified atom stereocenters. The number of aryl methyl sites for hydroxylation is 1. The molecule has 2 aliphatic rings. The molecule has 0 aromatic heterocycles. The van der Waals surface area contributed by atoms with Crippen LogP contribution in [-0.4, -0.2) is 46.4 Å². The van der Waals surface area contributed by atoms with E-state index < -0.39 is 11.5 Å². The number of benzene rings is 1. The van der Waals surface area contributed by atoms with Crippen molar-refractivity contribution in [2.24, 2.45) is 5.92 Å². The molecule has 3 rings (SSSR count). The van der Waals surface area contributed by atoms with Gasteiger partial charge in [0.05, 0.1) is 0 Å². The number of carboxylic acids is 1. The number of aliphatic carboxylic acids is 1. The fourth-order valence-corrected chi connectivity index (χ4v) is 3.30. The summed E-state index contributed by atoms with van der Waals surface area (Å²) < 4.78 is 0. The summed E-state index contributed by atoms with van der Waals surface area (Å²) in [6, 6.07) is 9.92. The quantitative estimate of drug-likeness (QED) is 0.820. The molecule has 0 atom stereocenters. The third-order valence-electron chi connectivity index (χ3n) is 5.21. The van der Waals surface area contributed by atoms with Crippen LogP contribution in [0.1, 0.15) is 37.7 Å². The zero-order valence-electron chi connectivity index (χ0n) is 14.2. The molecule has 0 radical (unpaired) electrons. The van der Waals surface area contributed by atoms with Crippen molar-refractivity contribution in [3.63, 3.8) is 0 Å². The van der Waals surface area contributed by atoms with Crippen molar-refractivity contribution in [1.82, 2.24) is 10.2 Å². The summed E-state index contributed by atoms with van der Waals surface area (Å²) in [7, 11) is 0. The van der Waals surface area contributed by atoms with Crippen LogP contribution < -0.4 is 5.32 Å². The van der Waals surface area contributed by atoms with E-state index in [0.717, 1.165) is 12.0 Å². The van der Waals surface area contributed by atoms with E-state index in [0.29, 0.717) is 45.2 Å². The minimum Gasteiger partial charge on any atom is -0.480 e. The van der Waals surface area contributed by atoms with Crippen molar-refractivity contribution in [2.45, 2.75) is 44.1 Å². The average Bonchev–Trinajstić information content (AvgIpc) is 3.41. The Morgan fingerprint density at radius 1 is 1.12 bits per heavy atom. The molecule has 1 saturated heterocycles. The zero-order valence-corrected chi connectivity index (χ0v) is 14.2. The number of amides is 2. The number of hydrogen-bond donors (Lipinski definition) is 2. The predicted octanol–water partition coefficient (Wildman–Crippen LogP) is 1.59. The van der Waals surface area contributed by atoms with Gasteiger partial charge in [0.15, 0.2) is 0 Å². The standard InChI is InChI=1S/C19H24N2O4/c22-16(7-6-14-4-2-1-3-5-14)21-12-8-15(9-13-21)17(23)20-19(10-11-19)18(24)25/h1-5,15H,6-13H2,(H,20,23)(H,24,25). The molecule has 0 bridgehead atoms. The van der Waals surface area contributed by atoms with Gasteiger partial charge in [-0.1, -0.05) is 30.3 Å². The number of likely N-dealkylation sites (tertiary alicyclic amines) is 1. The van der Waals surface area contributed by atoms with Crippen LogP contribution in [0.25, 0.3) is 0 Å². The molecule has 25 heavy (non-hydrogen) atoms. The lowest BCUT2D eigenvalue weighted by molar-refractivity contribution is -0.144. The van der Waals surface area contributed by atoms with Gasteiger partial charge < -0.3 is 15.3 Å². The van der Waals surface area contributed by atoms with E-state index in [1.807, 2.05) is 35.2 Å². The summed E-state index contributed by atoms with van der Waals surface area (Å²) in [6.45, 7) is 1.12. The fraction of sp³-hybridized carbons (Fsp3) is 0.526. The van der Waals surface area contributed by atoms with Crippen molar-refractivity contribution in [3.8, 4) is 0 Å². The lowest BCUT2D eigenvalue weighted by atomic mass is 9.95. The molecule has 1 aliphatic carbocycles. The number of carboxylic acid groups (broad SMARTS) is 1. The maximum absolute atomic E-state index is 12.3. The van der Waals surface area contributed by atoms with Crippen LogP contribution in [0.3, 0.4) is 0 Å². The first-order chi connectivity index (χ1) is 12.0. The number of nitrogens with zero attached hydrogens (tertiary/aromatic N) is 1. The van der Waals surface area contributed by atoms with Gasteiger partial charge in [-0.05, 0) is 37.7 Å². The Morgan fingerprint density at radius 3 is 2.32 bits per heavy atom. The van der Waals surface area contributed by atoms with E-state index in [9.17, 15) is 14.4 Å². The SMILES string of the molecule is O=C(NC1(C(=O)O)CC1)C1CCN(C(=O)CCc2ccccc2)CC1. The van der Waals surface area contributed by atoms with Crippen LogP contribution in [-0.2, 0) is 20.8 Å². The van der Waals surface area contributed by atoms with Crippen molar-refractivity contribution < 1.29 is 19.5 Å². The Bertz CT molecular complexity index is 647. The Labute approximate surface area is 147 Å². The van der Waals surface area contributed by atoms with Gasteiger partial charge in [-0.25, -0.2) is 4.79 Å². The summed E-state index contributed by atoms with van der Waals surface area (Å²) in [5.74, 6) is -1.22. The molecule has 0 spiro atoms. The summed E-state index contributed by atoms with van der Waals surface area (Å²) >= 11 is 0. The number of nitrogens with one attached hydrogen (secondary N) is 1. The Balaban J connectivity index is 1.43. The van der Waals surface area contributed by atoms with Gasteiger partial charge in [0.25, 0.3) is 0 Å². The second-order valence-corrected chi connectivity index (χ2v) is 7.02. The fourth-order valence-electron chi connectivity index (χ4n) is 3.30. The van der Waals surface area contributed by atoms with Crippen molar-refractivity contribution >= 4 is 17.8 Å². The topological polar surface area (TPSA) is 86.7 Å². The summed E-state index contributed by atoms with van der Waals surface area (Å²) in [6.07, 6.45) is 3.40. The van der Waals surface area contributed by atoms with E-state index in [-0.39, 0.29) is 17.7 Å². The van der Waals surface area contributed by atoms with Crippen molar-refractivity contribution in [1.29, 1.82) is 0 Å². The van der Waals surface area contributed by atoms with Crippen LogP contribution in [0.2, 0.25) is 0 Å². The van der Waals surface area contributed by atoms with Crippen LogP contribution in [0.5, 0.6) is 0 Å². The second kappa shape index (κ2) is 7.25. The zero-order chi connectivity index (χ0) is 17.9.